The van der Waals surface area contributed by atoms with Gasteiger partial charge in [0, 0.05) is 24.5 Å². The number of aromatic nitrogens is 1. The van der Waals surface area contributed by atoms with Gasteiger partial charge in [-0.25, -0.2) is 0 Å². The van der Waals surface area contributed by atoms with E-state index in [1.165, 1.54) is 17.2 Å². The van der Waals surface area contributed by atoms with Crippen LogP contribution in [0.15, 0.2) is 59.4 Å². The highest BCUT2D eigenvalue weighted by Crippen LogP contribution is 2.32. The van der Waals surface area contributed by atoms with Gasteiger partial charge < -0.3 is 9.67 Å². The third-order valence-corrected chi connectivity index (χ3v) is 4.57. The molecule has 2 aromatic carbocycles. The lowest BCUT2D eigenvalue weighted by molar-refractivity contribution is 0.256. The van der Waals surface area contributed by atoms with Gasteiger partial charge in [0.15, 0.2) is 0 Å². The lowest BCUT2D eigenvalue weighted by Gasteiger charge is -2.21. The van der Waals surface area contributed by atoms with Gasteiger partial charge in [-0.05, 0) is 36.6 Å². The van der Waals surface area contributed by atoms with Gasteiger partial charge >= 0.3 is 0 Å². The van der Waals surface area contributed by atoms with Crippen molar-refractivity contribution in [1.82, 2.24) is 4.57 Å². The molecule has 0 atom stereocenters. The normalized spacial score (nSPS) is 11.0. The van der Waals surface area contributed by atoms with E-state index in [0.717, 1.165) is 18.4 Å². The molecule has 0 aliphatic carbocycles. The van der Waals surface area contributed by atoms with Crippen LogP contribution >= 0.6 is 0 Å². The summed E-state index contributed by atoms with van der Waals surface area (Å²) < 4.78 is 1.59. The van der Waals surface area contributed by atoms with E-state index in [1.807, 2.05) is 30.3 Å². The molecule has 3 rings (SSSR count). The summed E-state index contributed by atoms with van der Waals surface area (Å²) in [4.78, 5) is 12.3. The standard InChI is InChI=1S/C21H24N2O3/c1-2-3-14-22-20(25)12-9-17-18(10-11-19(24)21(17)22)23(26)15-13-16-7-5-4-6-8-16/h4-12,24,26H,2-3,13-15H2,1H3. The quantitative estimate of drug-likeness (QED) is 0.632. The van der Waals surface area contributed by atoms with E-state index in [4.69, 9.17) is 0 Å². The minimum atomic E-state index is -0.146. The van der Waals surface area contributed by atoms with Crippen LogP contribution in [0.1, 0.15) is 25.3 Å². The summed E-state index contributed by atoms with van der Waals surface area (Å²) in [6.45, 7) is 3.01. The number of pyridine rings is 1. The molecular weight excluding hydrogens is 328 g/mol. The molecule has 0 bridgehead atoms. The van der Waals surface area contributed by atoms with Crippen LogP contribution in [0.3, 0.4) is 0 Å². The van der Waals surface area contributed by atoms with Crippen LogP contribution in [-0.4, -0.2) is 21.4 Å². The number of phenolic OH excluding ortho intramolecular Hbond substituents is 1. The maximum atomic E-state index is 12.3. The van der Waals surface area contributed by atoms with Crippen LogP contribution in [-0.2, 0) is 13.0 Å². The van der Waals surface area contributed by atoms with Crippen molar-refractivity contribution < 1.29 is 10.3 Å². The highest BCUT2D eigenvalue weighted by Gasteiger charge is 2.14. The highest BCUT2D eigenvalue weighted by molar-refractivity contribution is 5.95. The van der Waals surface area contributed by atoms with Crippen molar-refractivity contribution in [2.75, 3.05) is 11.6 Å². The van der Waals surface area contributed by atoms with Gasteiger partial charge in [0.2, 0.25) is 0 Å². The monoisotopic (exact) mass is 352 g/mol. The number of unbranched alkanes of at least 4 members (excludes halogenated alkanes) is 1. The predicted molar refractivity (Wildman–Crippen MR) is 104 cm³/mol. The number of aromatic hydroxyl groups is 1. The Balaban J connectivity index is 1.96. The Labute approximate surface area is 152 Å². The summed E-state index contributed by atoms with van der Waals surface area (Å²) in [5.74, 6) is 0.0500. The summed E-state index contributed by atoms with van der Waals surface area (Å²) in [6.07, 6.45) is 2.49. The molecule has 26 heavy (non-hydrogen) atoms. The van der Waals surface area contributed by atoms with E-state index in [9.17, 15) is 15.1 Å². The van der Waals surface area contributed by atoms with Crippen LogP contribution in [0, 0.1) is 0 Å². The fraction of sp³-hybridized carbons (Fsp3) is 0.286. The number of hydrogen-bond acceptors (Lipinski definition) is 4. The Hall–Kier alpha value is -2.79. The van der Waals surface area contributed by atoms with Gasteiger partial charge in [-0.15, -0.1) is 0 Å². The lowest BCUT2D eigenvalue weighted by atomic mass is 10.1. The molecule has 0 aliphatic rings. The molecule has 5 nitrogen and oxygen atoms in total. The second kappa shape index (κ2) is 8.06. The molecule has 1 aromatic heterocycles. The van der Waals surface area contributed by atoms with Gasteiger partial charge in [-0.2, -0.15) is 0 Å². The summed E-state index contributed by atoms with van der Waals surface area (Å²) in [5.41, 5.74) is 2.04. The Morgan fingerprint density at radius 2 is 1.81 bits per heavy atom. The lowest BCUT2D eigenvalue weighted by Crippen LogP contribution is -2.23. The summed E-state index contributed by atoms with van der Waals surface area (Å²) >= 11 is 0. The molecule has 0 spiro atoms. The predicted octanol–water partition coefficient (Wildman–Crippen LogP) is 3.95. The molecule has 2 N–H and O–H groups in total. The van der Waals surface area contributed by atoms with E-state index in [-0.39, 0.29) is 11.3 Å². The first kappa shape index (κ1) is 18.0. The first-order valence-electron chi connectivity index (χ1n) is 8.97. The molecule has 0 saturated carbocycles. The largest absolute Gasteiger partial charge is 0.506 e. The number of hydroxylamine groups is 1. The van der Waals surface area contributed by atoms with E-state index in [0.29, 0.717) is 36.1 Å². The van der Waals surface area contributed by atoms with Gasteiger partial charge in [-0.3, -0.25) is 15.1 Å². The minimum absolute atomic E-state index is 0.0500. The molecule has 3 aromatic rings. The zero-order chi connectivity index (χ0) is 18.5. The molecule has 0 fully saturated rings. The molecule has 0 aliphatic heterocycles. The molecule has 136 valence electrons. The number of anilines is 1. The van der Waals surface area contributed by atoms with Crippen LogP contribution in [0.5, 0.6) is 5.75 Å². The first-order valence-corrected chi connectivity index (χ1v) is 8.97. The van der Waals surface area contributed by atoms with E-state index in [2.05, 4.69) is 6.92 Å². The molecule has 0 amide bonds. The van der Waals surface area contributed by atoms with Crippen molar-refractivity contribution in [2.24, 2.45) is 0 Å². The Morgan fingerprint density at radius 1 is 1.04 bits per heavy atom. The zero-order valence-corrected chi connectivity index (χ0v) is 14.9. The molecule has 1 heterocycles. The van der Waals surface area contributed by atoms with Crippen molar-refractivity contribution in [3.05, 3.63) is 70.5 Å². The average Bonchev–Trinajstić information content (AvgIpc) is 2.66. The SMILES string of the molecule is CCCCn1c(=O)ccc2c(N(O)CCc3ccccc3)ccc(O)c21. The van der Waals surface area contributed by atoms with Crippen molar-refractivity contribution in [3.8, 4) is 5.75 Å². The minimum Gasteiger partial charge on any atom is -0.506 e. The van der Waals surface area contributed by atoms with Crippen LogP contribution in [0.4, 0.5) is 5.69 Å². The number of fused-ring (bicyclic) bond motifs is 1. The molecule has 0 unspecified atom stereocenters. The maximum absolute atomic E-state index is 12.3. The number of phenols is 1. The molecule has 0 saturated heterocycles. The van der Waals surface area contributed by atoms with Crippen molar-refractivity contribution in [1.29, 1.82) is 0 Å². The summed E-state index contributed by atoms with van der Waals surface area (Å²) in [6, 6.07) is 16.3. The molecule has 5 heteroatoms. The van der Waals surface area contributed by atoms with E-state index in [1.54, 1.807) is 16.7 Å². The van der Waals surface area contributed by atoms with E-state index >= 15 is 0 Å². The number of benzene rings is 2. The second-order valence-electron chi connectivity index (χ2n) is 6.40. The first-order chi connectivity index (χ1) is 12.6. The van der Waals surface area contributed by atoms with Crippen LogP contribution in [0.2, 0.25) is 0 Å². The van der Waals surface area contributed by atoms with Gasteiger partial charge in [0.25, 0.3) is 5.56 Å². The fourth-order valence-corrected chi connectivity index (χ4v) is 3.15. The van der Waals surface area contributed by atoms with Crippen molar-refractivity contribution >= 4 is 16.6 Å². The summed E-state index contributed by atoms with van der Waals surface area (Å²) in [7, 11) is 0. The van der Waals surface area contributed by atoms with Crippen LogP contribution in [0.25, 0.3) is 10.9 Å². The Bertz CT molecular complexity index is 935. The van der Waals surface area contributed by atoms with E-state index < -0.39 is 0 Å². The maximum Gasteiger partial charge on any atom is 0.251 e. The Kier molecular flexibility index (Phi) is 5.58. The van der Waals surface area contributed by atoms with Gasteiger partial charge in [-0.1, -0.05) is 43.7 Å². The smallest absolute Gasteiger partial charge is 0.251 e. The fourth-order valence-electron chi connectivity index (χ4n) is 3.15. The third kappa shape index (κ3) is 3.73. The Morgan fingerprint density at radius 3 is 2.54 bits per heavy atom. The van der Waals surface area contributed by atoms with Crippen molar-refractivity contribution in [3.63, 3.8) is 0 Å². The second-order valence-corrected chi connectivity index (χ2v) is 6.40. The van der Waals surface area contributed by atoms with Gasteiger partial charge in [0.05, 0.1) is 11.2 Å². The topological polar surface area (TPSA) is 65.7 Å². The highest BCUT2D eigenvalue weighted by atomic mass is 16.5. The third-order valence-electron chi connectivity index (χ3n) is 4.57. The number of hydrogen-bond donors (Lipinski definition) is 2. The van der Waals surface area contributed by atoms with Crippen LogP contribution < -0.4 is 10.6 Å². The van der Waals surface area contributed by atoms with Gasteiger partial charge in [0.1, 0.15) is 5.75 Å². The zero-order valence-electron chi connectivity index (χ0n) is 14.9. The van der Waals surface area contributed by atoms with Crippen molar-refractivity contribution in [2.45, 2.75) is 32.7 Å². The summed E-state index contributed by atoms with van der Waals surface area (Å²) in [5, 5.41) is 22.7. The number of rotatable bonds is 7. The average molecular weight is 352 g/mol. The molecule has 0 radical (unpaired) electrons. The number of nitrogens with zero attached hydrogens (tertiary/aromatic N) is 2. The number of aryl methyl sites for hydroxylation is 1. The molecular formula is C21H24N2O3.